The van der Waals surface area contributed by atoms with Crippen LogP contribution < -0.4 is 9.64 Å². The van der Waals surface area contributed by atoms with Crippen LogP contribution in [0.2, 0.25) is 0 Å². The molecule has 0 saturated carbocycles. The van der Waals surface area contributed by atoms with Crippen molar-refractivity contribution in [3.05, 3.63) is 23.8 Å². The van der Waals surface area contributed by atoms with Crippen LogP contribution in [0.15, 0.2) is 18.2 Å². The number of anilines is 1. The molecule has 1 unspecified atom stereocenters. The average Bonchev–Trinajstić information content (AvgIpc) is 2.37. The zero-order valence-electron chi connectivity index (χ0n) is 10.3. The van der Waals surface area contributed by atoms with E-state index in [0.29, 0.717) is 23.5 Å². The zero-order chi connectivity index (χ0) is 13.3. The molecule has 1 amide bonds. The predicted octanol–water partition coefficient (Wildman–Crippen LogP) is 2.24. The van der Waals surface area contributed by atoms with Crippen molar-refractivity contribution in [1.82, 2.24) is 0 Å². The highest BCUT2D eigenvalue weighted by Crippen LogP contribution is 2.33. The number of likely N-dealkylation sites (N-methyl/N-ethyl adjacent to an activating group) is 1. The summed E-state index contributed by atoms with van der Waals surface area (Å²) in [5.74, 6) is 0.359. The third kappa shape index (κ3) is 2.20. The number of carbonyl (C=O) groups excluding carboxylic acids is 2. The van der Waals surface area contributed by atoms with Crippen molar-refractivity contribution in [2.24, 2.45) is 0 Å². The van der Waals surface area contributed by atoms with Gasteiger partial charge in [0.2, 0.25) is 0 Å². The smallest absolute Gasteiger partial charge is 0.265 e. The third-order valence-corrected chi connectivity index (χ3v) is 3.06. The molecule has 1 aromatic rings. The van der Waals surface area contributed by atoms with Crippen LogP contribution in [0.1, 0.15) is 24.2 Å². The molecule has 1 aromatic carbocycles. The number of carbonyl (C=O) groups is 2. The van der Waals surface area contributed by atoms with Gasteiger partial charge in [-0.05, 0) is 32.0 Å². The molecule has 0 N–H and O–H groups in total. The van der Waals surface area contributed by atoms with Crippen LogP contribution in [-0.4, -0.2) is 30.2 Å². The standard InChI is InChI=1S/C13H14ClNO3/c1-3-15-10-6-9(13(17)8(2)14)4-5-11(10)18-7-12(15)16/h4-6,8H,3,7H2,1-2H3. The first-order valence-electron chi connectivity index (χ1n) is 5.80. The first-order chi connectivity index (χ1) is 8.54. The maximum Gasteiger partial charge on any atom is 0.265 e. The molecule has 18 heavy (non-hydrogen) atoms. The van der Waals surface area contributed by atoms with Gasteiger partial charge in [0.05, 0.1) is 11.1 Å². The summed E-state index contributed by atoms with van der Waals surface area (Å²) in [4.78, 5) is 25.1. The molecule has 1 heterocycles. The summed E-state index contributed by atoms with van der Waals surface area (Å²) >= 11 is 5.78. The average molecular weight is 268 g/mol. The van der Waals surface area contributed by atoms with Crippen molar-refractivity contribution in [3.8, 4) is 5.75 Å². The van der Waals surface area contributed by atoms with Crippen molar-refractivity contribution in [1.29, 1.82) is 0 Å². The minimum atomic E-state index is -0.585. The number of amides is 1. The van der Waals surface area contributed by atoms with Crippen molar-refractivity contribution in [3.63, 3.8) is 0 Å². The number of nitrogens with zero attached hydrogens (tertiary/aromatic N) is 1. The summed E-state index contributed by atoms with van der Waals surface area (Å²) in [6, 6.07) is 5.04. The first-order valence-corrected chi connectivity index (χ1v) is 6.23. The van der Waals surface area contributed by atoms with Crippen molar-refractivity contribution in [2.45, 2.75) is 19.2 Å². The van der Waals surface area contributed by atoms with Crippen LogP contribution in [-0.2, 0) is 4.79 Å². The fourth-order valence-electron chi connectivity index (χ4n) is 1.93. The Morgan fingerprint density at radius 1 is 1.56 bits per heavy atom. The second-order valence-corrected chi connectivity index (χ2v) is 4.74. The van der Waals surface area contributed by atoms with Gasteiger partial charge in [0.15, 0.2) is 12.4 Å². The van der Waals surface area contributed by atoms with Gasteiger partial charge < -0.3 is 9.64 Å². The highest BCUT2D eigenvalue weighted by atomic mass is 35.5. The highest BCUT2D eigenvalue weighted by molar-refractivity contribution is 6.33. The van der Waals surface area contributed by atoms with E-state index in [2.05, 4.69) is 0 Å². The Labute approximate surface area is 110 Å². The lowest BCUT2D eigenvalue weighted by molar-refractivity contribution is -0.121. The van der Waals surface area contributed by atoms with E-state index in [0.717, 1.165) is 0 Å². The molecule has 2 rings (SSSR count). The fourth-order valence-corrected chi connectivity index (χ4v) is 2.06. The van der Waals surface area contributed by atoms with Crippen LogP contribution in [0.25, 0.3) is 0 Å². The molecule has 4 nitrogen and oxygen atoms in total. The number of hydrogen-bond donors (Lipinski definition) is 0. The van der Waals surface area contributed by atoms with Crippen molar-refractivity contribution in [2.75, 3.05) is 18.1 Å². The Kier molecular flexibility index (Phi) is 3.57. The van der Waals surface area contributed by atoms with Gasteiger partial charge >= 0.3 is 0 Å². The molecule has 0 fully saturated rings. The molecule has 0 aliphatic carbocycles. The first kappa shape index (κ1) is 12.9. The van der Waals surface area contributed by atoms with Gasteiger partial charge in [0, 0.05) is 12.1 Å². The normalized spacial score (nSPS) is 15.9. The maximum atomic E-state index is 11.8. The monoisotopic (exact) mass is 267 g/mol. The maximum absolute atomic E-state index is 11.8. The summed E-state index contributed by atoms with van der Waals surface area (Å²) in [5.41, 5.74) is 1.13. The summed E-state index contributed by atoms with van der Waals surface area (Å²) < 4.78 is 5.33. The Hall–Kier alpha value is -1.55. The lowest BCUT2D eigenvalue weighted by atomic mass is 10.1. The molecule has 5 heteroatoms. The van der Waals surface area contributed by atoms with Crippen LogP contribution in [0, 0.1) is 0 Å². The molecule has 1 atom stereocenters. The molecular formula is C13H14ClNO3. The molecule has 96 valence electrons. The van der Waals surface area contributed by atoms with E-state index in [-0.39, 0.29) is 18.3 Å². The predicted molar refractivity (Wildman–Crippen MR) is 69.6 cm³/mol. The van der Waals surface area contributed by atoms with E-state index in [4.69, 9.17) is 16.3 Å². The largest absolute Gasteiger partial charge is 0.482 e. The number of ether oxygens (including phenoxy) is 1. The number of Topliss-reactive ketones (excluding diaryl/α,β-unsaturated/α-hetero) is 1. The Morgan fingerprint density at radius 3 is 2.89 bits per heavy atom. The number of rotatable bonds is 3. The minimum absolute atomic E-state index is 0.0417. The van der Waals surface area contributed by atoms with Crippen LogP contribution in [0.3, 0.4) is 0 Å². The number of fused-ring (bicyclic) bond motifs is 1. The van der Waals surface area contributed by atoms with Gasteiger partial charge in [0.25, 0.3) is 5.91 Å². The summed E-state index contributed by atoms with van der Waals surface area (Å²) in [7, 11) is 0. The van der Waals surface area contributed by atoms with Gasteiger partial charge in [0.1, 0.15) is 5.75 Å². The van der Waals surface area contributed by atoms with E-state index >= 15 is 0 Å². The second kappa shape index (κ2) is 4.98. The molecule has 0 bridgehead atoms. The topological polar surface area (TPSA) is 46.6 Å². The van der Waals surface area contributed by atoms with E-state index < -0.39 is 5.38 Å². The number of ketones is 1. The van der Waals surface area contributed by atoms with E-state index in [1.807, 2.05) is 6.92 Å². The molecule has 0 spiro atoms. The van der Waals surface area contributed by atoms with E-state index in [9.17, 15) is 9.59 Å². The van der Waals surface area contributed by atoms with E-state index in [1.165, 1.54) is 0 Å². The van der Waals surface area contributed by atoms with Gasteiger partial charge in [-0.1, -0.05) is 0 Å². The fraction of sp³-hybridized carbons (Fsp3) is 0.385. The number of hydrogen-bond acceptors (Lipinski definition) is 3. The highest BCUT2D eigenvalue weighted by Gasteiger charge is 2.25. The van der Waals surface area contributed by atoms with E-state index in [1.54, 1.807) is 30.0 Å². The molecule has 0 radical (unpaired) electrons. The Balaban J connectivity index is 2.44. The lowest BCUT2D eigenvalue weighted by Crippen LogP contribution is -2.38. The quantitative estimate of drug-likeness (QED) is 0.623. The third-order valence-electron chi connectivity index (χ3n) is 2.86. The summed E-state index contributed by atoms with van der Waals surface area (Å²) in [5, 5.41) is -0.585. The zero-order valence-corrected chi connectivity index (χ0v) is 11.0. The lowest BCUT2D eigenvalue weighted by Gasteiger charge is -2.28. The van der Waals surface area contributed by atoms with Gasteiger partial charge in [-0.3, -0.25) is 9.59 Å². The number of benzene rings is 1. The van der Waals surface area contributed by atoms with Gasteiger partial charge in [-0.2, -0.15) is 0 Å². The Bertz CT molecular complexity index is 499. The molecule has 1 aliphatic rings. The molecule has 0 aromatic heterocycles. The van der Waals surface area contributed by atoms with Crippen LogP contribution in [0.5, 0.6) is 5.75 Å². The minimum Gasteiger partial charge on any atom is -0.482 e. The van der Waals surface area contributed by atoms with Crippen molar-refractivity contribution >= 4 is 29.0 Å². The molecular weight excluding hydrogens is 254 g/mol. The van der Waals surface area contributed by atoms with Crippen LogP contribution >= 0.6 is 11.6 Å². The van der Waals surface area contributed by atoms with Gasteiger partial charge in [-0.25, -0.2) is 0 Å². The molecule has 0 saturated heterocycles. The van der Waals surface area contributed by atoms with Gasteiger partial charge in [-0.15, -0.1) is 11.6 Å². The van der Waals surface area contributed by atoms with Crippen LogP contribution in [0.4, 0.5) is 5.69 Å². The summed E-state index contributed by atoms with van der Waals surface area (Å²) in [6.07, 6.45) is 0. The Morgan fingerprint density at radius 2 is 2.28 bits per heavy atom. The SMILES string of the molecule is CCN1C(=O)COc2ccc(C(=O)C(C)Cl)cc21. The number of alkyl halides is 1. The molecule has 1 aliphatic heterocycles. The number of halogens is 1. The second-order valence-electron chi connectivity index (χ2n) is 4.09. The summed E-state index contributed by atoms with van der Waals surface area (Å²) in [6.45, 7) is 4.09. The van der Waals surface area contributed by atoms with Crippen molar-refractivity contribution < 1.29 is 14.3 Å².